The first kappa shape index (κ1) is 14.3. The van der Waals surface area contributed by atoms with Gasteiger partial charge >= 0.3 is 5.97 Å². The molecule has 18 heavy (non-hydrogen) atoms. The molecule has 0 aliphatic heterocycles. The van der Waals surface area contributed by atoms with Crippen molar-refractivity contribution in [2.24, 2.45) is 11.6 Å². The maximum atomic E-state index is 11.3. The number of hydrogen-bond donors (Lipinski definition) is 3. The molecule has 1 aromatic carbocycles. The van der Waals surface area contributed by atoms with Crippen molar-refractivity contribution in [2.45, 2.75) is 0 Å². The smallest absolute Gasteiger partial charge is 0.358 e. The Kier molecular flexibility index (Phi) is 4.96. The zero-order valence-electron chi connectivity index (χ0n) is 9.06. The molecule has 0 atom stereocenters. The summed E-state index contributed by atoms with van der Waals surface area (Å²) in [5.74, 6) is 3.68. The van der Waals surface area contributed by atoms with Crippen molar-refractivity contribution in [2.75, 3.05) is 0 Å². The lowest BCUT2D eigenvalue weighted by Gasteiger charge is -2.12. The molecule has 0 spiro atoms. The van der Waals surface area contributed by atoms with Crippen LogP contribution < -0.4 is 11.6 Å². The summed E-state index contributed by atoms with van der Waals surface area (Å²) in [5.41, 5.74) is 5.46. The predicted octanol–water partition coefficient (Wildman–Crippen LogP) is 1.53. The fraction of sp³-hybridized carbons (Fsp3) is 0. The van der Waals surface area contributed by atoms with E-state index in [1.54, 1.807) is 18.2 Å². The van der Waals surface area contributed by atoms with Crippen LogP contribution in [0.2, 0.25) is 10.0 Å². The van der Waals surface area contributed by atoms with Crippen molar-refractivity contribution < 1.29 is 9.63 Å². The van der Waals surface area contributed by atoms with Gasteiger partial charge in [-0.15, -0.1) is 5.17 Å². The van der Waals surface area contributed by atoms with Gasteiger partial charge in [0, 0.05) is 21.7 Å². The Labute approximate surface area is 113 Å². The molecular formula is C10H10Cl2N4O2. The lowest BCUT2D eigenvalue weighted by molar-refractivity contribution is -0.167. The van der Waals surface area contributed by atoms with Crippen molar-refractivity contribution in [3.05, 3.63) is 39.9 Å². The summed E-state index contributed by atoms with van der Waals surface area (Å²) in [6.45, 7) is 0. The molecular weight excluding hydrogens is 279 g/mol. The van der Waals surface area contributed by atoms with Crippen molar-refractivity contribution in [3.63, 3.8) is 0 Å². The second-order valence-corrected chi connectivity index (χ2v) is 3.90. The van der Waals surface area contributed by atoms with E-state index in [4.69, 9.17) is 40.2 Å². The first-order valence-electron chi connectivity index (χ1n) is 4.64. The van der Waals surface area contributed by atoms with Crippen molar-refractivity contribution in [1.29, 1.82) is 5.41 Å². The normalized spacial score (nSPS) is 10.4. The number of nitrogens with zero attached hydrogens (tertiary/aromatic N) is 1. The summed E-state index contributed by atoms with van der Waals surface area (Å²) >= 11 is 11.8. The number of carbonyl (C=O) groups is 1. The molecule has 6 nitrogen and oxygen atoms in total. The molecule has 0 saturated carbocycles. The van der Waals surface area contributed by atoms with Gasteiger partial charge in [-0.3, -0.25) is 5.41 Å². The quantitative estimate of drug-likeness (QED) is 0.252. The highest BCUT2D eigenvalue weighted by molar-refractivity contribution is 6.37. The Morgan fingerprint density at radius 1 is 1.39 bits per heavy atom. The molecule has 0 unspecified atom stereocenters. The van der Waals surface area contributed by atoms with Gasteiger partial charge < -0.3 is 10.6 Å². The average Bonchev–Trinajstić information content (AvgIpc) is 2.28. The van der Waals surface area contributed by atoms with E-state index in [0.29, 0.717) is 20.8 Å². The number of hydrogen-bond acceptors (Lipinski definition) is 4. The molecule has 0 radical (unpaired) electrons. The molecule has 0 saturated heterocycles. The SMILES string of the molecule is N=C(N)N(N)OC(=O)C=Cc1c(Cl)cccc1Cl. The number of guanidine groups is 1. The van der Waals surface area contributed by atoms with Crippen molar-refractivity contribution in [1.82, 2.24) is 5.17 Å². The molecule has 0 bridgehead atoms. The van der Waals surface area contributed by atoms with Gasteiger partial charge in [-0.1, -0.05) is 29.3 Å². The van der Waals surface area contributed by atoms with Crippen LogP contribution in [0.25, 0.3) is 6.08 Å². The molecule has 0 fully saturated rings. The van der Waals surface area contributed by atoms with Crippen LogP contribution in [0.15, 0.2) is 24.3 Å². The van der Waals surface area contributed by atoms with E-state index in [-0.39, 0.29) is 0 Å². The van der Waals surface area contributed by atoms with Gasteiger partial charge in [0.05, 0.1) is 0 Å². The average molecular weight is 289 g/mol. The van der Waals surface area contributed by atoms with Crippen LogP contribution in [0.5, 0.6) is 0 Å². The monoisotopic (exact) mass is 288 g/mol. The molecule has 96 valence electrons. The fourth-order valence-corrected chi connectivity index (χ4v) is 1.52. The van der Waals surface area contributed by atoms with Gasteiger partial charge in [0.2, 0.25) is 5.96 Å². The van der Waals surface area contributed by atoms with Gasteiger partial charge in [0.15, 0.2) is 0 Å². The first-order chi connectivity index (χ1) is 8.41. The van der Waals surface area contributed by atoms with E-state index in [0.717, 1.165) is 6.08 Å². The Hall–Kier alpha value is -1.76. The Balaban J connectivity index is 2.75. The molecule has 0 amide bonds. The van der Waals surface area contributed by atoms with Gasteiger partial charge in [0.1, 0.15) is 0 Å². The number of rotatable bonds is 2. The van der Waals surface area contributed by atoms with E-state index in [9.17, 15) is 4.79 Å². The molecule has 8 heteroatoms. The lowest BCUT2D eigenvalue weighted by atomic mass is 10.2. The van der Waals surface area contributed by atoms with Gasteiger partial charge in [-0.25, -0.2) is 10.6 Å². The van der Waals surface area contributed by atoms with Crippen LogP contribution in [0, 0.1) is 5.41 Å². The molecule has 0 heterocycles. The Morgan fingerprint density at radius 3 is 2.44 bits per heavy atom. The van der Waals surface area contributed by atoms with E-state index in [2.05, 4.69) is 4.84 Å². The zero-order valence-corrected chi connectivity index (χ0v) is 10.6. The van der Waals surface area contributed by atoms with Crippen molar-refractivity contribution in [3.8, 4) is 0 Å². The van der Waals surface area contributed by atoms with Crippen LogP contribution in [0.4, 0.5) is 0 Å². The van der Waals surface area contributed by atoms with Gasteiger partial charge in [0.25, 0.3) is 0 Å². The Bertz CT molecular complexity index is 484. The molecule has 0 aliphatic carbocycles. The number of carbonyl (C=O) groups excluding carboxylic acids is 1. The number of hydrazine groups is 1. The van der Waals surface area contributed by atoms with E-state index in [1.165, 1.54) is 6.08 Å². The maximum Gasteiger partial charge on any atom is 0.358 e. The standard InChI is InChI=1S/C10H10Cl2N4O2/c11-7-2-1-3-8(12)6(7)4-5-9(17)18-16(15)10(13)14/h1-5H,15H2,(H3,13,14). The highest BCUT2D eigenvalue weighted by Crippen LogP contribution is 2.25. The summed E-state index contributed by atoms with van der Waals surface area (Å²) in [4.78, 5) is 15.7. The van der Waals surface area contributed by atoms with Crippen molar-refractivity contribution >= 4 is 41.2 Å². The zero-order chi connectivity index (χ0) is 13.7. The van der Waals surface area contributed by atoms with Gasteiger partial charge in [-0.2, -0.15) is 0 Å². The third-order valence-electron chi connectivity index (χ3n) is 1.81. The Morgan fingerprint density at radius 2 is 1.94 bits per heavy atom. The largest absolute Gasteiger partial charge is 0.366 e. The van der Waals surface area contributed by atoms with Crippen LogP contribution in [0.3, 0.4) is 0 Å². The lowest BCUT2D eigenvalue weighted by Crippen LogP contribution is -2.43. The highest BCUT2D eigenvalue weighted by Gasteiger charge is 2.07. The second kappa shape index (κ2) is 6.25. The number of halogens is 2. The van der Waals surface area contributed by atoms with Crippen LogP contribution >= 0.6 is 23.2 Å². The molecule has 1 aromatic rings. The summed E-state index contributed by atoms with van der Waals surface area (Å²) in [6.07, 6.45) is 2.44. The summed E-state index contributed by atoms with van der Waals surface area (Å²) in [6, 6.07) is 4.93. The maximum absolute atomic E-state index is 11.3. The summed E-state index contributed by atoms with van der Waals surface area (Å²) < 4.78 is 0. The summed E-state index contributed by atoms with van der Waals surface area (Å²) in [5, 5.41) is 8.01. The molecule has 0 aliphatic rings. The highest BCUT2D eigenvalue weighted by atomic mass is 35.5. The van der Waals surface area contributed by atoms with Crippen LogP contribution in [-0.2, 0) is 9.63 Å². The first-order valence-corrected chi connectivity index (χ1v) is 5.40. The second-order valence-electron chi connectivity index (χ2n) is 3.09. The third kappa shape index (κ3) is 3.92. The molecule has 0 aromatic heterocycles. The topological polar surface area (TPSA) is 105 Å². The minimum absolute atomic E-state index is 0.334. The van der Waals surface area contributed by atoms with E-state index < -0.39 is 11.9 Å². The molecule has 5 N–H and O–H groups in total. The predicted molar refractivity (Wildman–Crippen MR) is 69.5 cm³/mol. The van der Waals surface area contributed by atoms with E-state index in [1.807, 2.05) is 0 Å². The fourth-order valence-electron chi connectivity index (χ4n) is 0.998. The third-order valence-corrected chi connectivity index (χ3v) is 2.47. The molecule has 1 rings (SSSR count). The number of benzene rings is 1. The minimum atomic E-state index is -0.816. The minimum Gasteiger partial charge on any atom is -0.366 e. The van der Waals surface area contributed by atoms with Crippen LogP contribution in [-0.4, -0.2) is 17.1 Å². The number of hydroxylamine groups is 1. The number of nitrogens with one attached hydrogen (secondary N) is 1. The van der Waals surface area contributed by atoms with Crippen LogP contribution in [0.1, 0.15) is 5.56 Å². The summed E-state index contributed by atoms with van der Waals surface area (Å²) in [7, 11) is 0. The van der Waals surface area contributed by atoms with E-state index >= 15 is 0 Å². The number of nitrogens with two attached hydrogens (primary N) is 2. The van der Waals surface area contributed by atoms with Gasteiger partial charge in [-0.05, 0) is 18.2 Å².